The number of rotatable bonds is 3. The van der Waals surface area contributed by atoms with Gasteiger partial charge in [0.15, 0.2) is 0 Å². The molecule has 2 N–H and O–H groups in total. The molecule has 0 saturated heterocycles. The molecule has 15 heavy (non-hydrogen) atoms. The molecule has 1 aromatic carbocycles. The van der Waals surface area contributed by atoms with E-state index < -0.39 is 6.10 Å². The lowest BCUT2D eigenvalue weighted by molar-refractivity contribution is 0.0822. The summed E-state index contributed by atoms with van der Waals surface area (Å²) in [4.78, 5) is 0. The largest absolute Gasteiger partial charge is 0.394 e. The molecule has 0 fully saturated rings. The fraction of sp³-hybridized carbons (Fsp3) is 0.273. The maximum Gasteiger partial charge on any atom is 0.123 e. The van der Waals surface area contributed by atoms with Gasteiger partial charge in [0.2, 0.25) is 0 Å². The van der Waals surface area contributed by atoms with Crippen LogP contribution in [0.1, 0.15) is 0 Å². The summed E-state index contributed by atoms with van der Waals surface area (Å²) in [5.74, 6) is -0.275. The van der Waals surface area contributed by atoms with E-state index in [1.807, 2.05) is 0 Å². The molecule has 1 atom stereocenters. The first-order valence-corrected chi connectivity index (χ1v) is 4.74. The number of fused-ring (bicyclic) bond motifs is 1. The highest BCUT2D eigenvalue weighted by Crippen LogP contribution is 2.17. The van der Waals surface area contributed by atoms with E-state index in [1.54, 1.807) is 22.9 Å². The van der Waals surface area contributed by atoms with Crippen molar-refractivity contribution in [1.29, 1.82) is 0 Å². The van der Waals surface area contributed by atoms with Crippen molar-refractivity contribution >= 4 is 10.9 Å². The highest BCUT2D eigenvalue weighted by atomic mass is 19.1. The highest BCUT2D eigenvalue weighted by molar-refractivity contribution is 5.80. The Labute approximate surface area is 86.4 Å². The van der Waals surface area contributed by atoms with E-state index in [0.717, 1.165) is 10.9 Å². The van der Waals surface area contributed by atoms with Crippen LogP contribution < -0.4 is 0 Å². The summed E-state index contributed by atoms with van der Waals surface area (Å²) >= 11 is 0. The molecule has 4 heteroatoms. The second kappa shape index (κ2) is 4.00. The third-order valence-corrected chi connectivity index (χ3v) is 2.35. The van der Waals surface area contributed by atoms with Crippen LogP contribution in [0.2, 0.25) is 0 Å². The van der Waals surface area contributed by atoms with Crippen molar-refractivity contribution in [3.63, 3.8) is 0 Å². The first kappa shape index (κ1) is 10.1. The lowest BCUT2D eigenvalue weighted by atomic mass is 10.2. The Bertz CT molecular complexity index is 467. The number of halogens is 1. The predicted octanol–water partition coefficient (Wildman–Crippen LogP) is 1.13. The molecule has 3 nitrogen and oxygen atoms in total. The van der Waals surface area contributed by atoms with Crippen LogP contribution in [0.25, 0.3) is 10.9 Å². The number of benzene rings is 1. The Balaban J connectivity index is 2.36. The molecule has 0 saturated carbocycles. The van der Waals surface area contributed by atoms with Gasteiger partial charge in [0, 0.05) is 17.1 Å². The number of nitrogens with zero attached hydrogens (tertiary/aromatic N) is 1. The van der Waals surface area contributed by atoms with Gasteiger partial charge in [-0.25, -0.2) is 4.39 Å². The molecule has 0 bridgehead atoms. The third kappa shape index (κ3) is 2.00. The second-order valence-electron chi connectivity index (χ2n) is 3.51. The van der Waals surface area contributed by atoms with Gasteiger partial charge in [-0.3, -0.25) is 0 Å². The van der Waals surface area contributed by atoms with E-state index in [4.69, 9.17) is 5.11 Å². The average Bonchev–Trinajstić information content (AvgIpc) is 2.60. The smallest absolute Gasteiger partial charge is 0.123 e. The monoisotopic (exact) mass is 209 g/mol. The lowest BCUT2D eigenvalue weighted by Gasteiger charge is -2.09. The Morgan fingerprint density at radius 3 is 2.87 bits per heavy atom. The van der Waals surface area contributed by atoms with Crippen LogP contribution in [-0.4, -0.2) is 27.5 Å². The topological polar surface area (TPSA) is 45.4 Å². The number of hydrogen-bond acceptors (Lipinski definition) is 2. The first-order valence-electron chi connectivity index (χ1n) is 4.74. The van der Waals surface area contributed by atoms with Gasteiger partial charge in [-0.05, 0) is 24.3 Å². The van der Waals surface area contributed by atoms with Crippen LogP contribution in [0.4, 0.5) is 4.39 Å². The van der Waals surface area contributed by atoms with Crippen molar-refractivity contribution in [2.45, 2.75) is 12.6 Å². The van der Waals surface area contributed by atoms with Crippen molar-refractivity contribution in [3.05, 3.63) is 36.3 Å². The van der Waals surface area contributed by atoms with E-state index >= 15 is 0 Å². The SMILES string of the molecule is OCC(O)Cn1ccc2cc(F)ccc21. The Kier molecular flexibility index (Phi) is 2.70. The zero-order chi connectivity index (χ0) is 10.8. The van der Waals surface area contributed by atoms with Crippen molar-refractivity contribution in [2.75, 3.05) is 6.61 Å². The van der Waals surface area contributed by atoms with Gasteiger partial charge in [0.05, 0.1) is 19.3 Å². The number of aliphatic hydroxyl groups is 2. The minimum Gasteiger partial charge on any atom is -0.394 e. The molecule has 0 aliphatic heterocycles. The van der Waals surface area contributed by atoms with Gasteiger partial charge in [-0.1, -0.05) is 0 Å². The molecule has 0 aliphatic carbocycles. The quantitative estimate of drug-likeness (QED) is 0.796. The molecule has 0 spiro atoms. The van der Waals surface area contributed by atoms with Gasteiger partial charge >= 0.3 is 0 Å². The zero-order valence-corrected chi connectivity index (χ0v) is 8.10. The van der Waals surface area contributed by atoms with Gasteiger partial charge in [-0.15, -0.1) is 0 Å². The summed E-state index contributed by atoms with van der Waals surface area (Å²) in [7, 11) is 0. The van der Waals surface area contributed by atoms with Crippen molar-refractivity contribution in [1.82, 2.24) is 4.57 Å². The second-order valence-corrected chi connectivity index (χ2v) is 3.51. The van der Waals surface area contributed by atoms with E-state index in [2.05, 4.69) is 0 Å². The van der Waals surface area contributed by atoms with Crippen LogP contribution in [-0.2, 0) is 6.54 Å². The molecule has 80 valence electrons. The normalized spacial score (nSPS) is 13.3. The predicted molar refractivity (Wildman–Crippen MR) is 55.0 cm³/mol. The summed E-state index contributed by atoms with van der Waals surface area (Å²) in [5, 5.41) is 18.8. The summed E-state index contributed by atoms with van der Waals surface area (Å²) < 4.78 is 14.7. The maximum atomic E-state index is 12.9. The van der Waals surface area contributed by atoms with Gasteiger partial charge in [0.1, 0.15) is 5.82 Å². The number of aromatic nitrogens is 1. The van der Waals surface area contributed by atoms with Gasteiger partial charge in [0.25, 0.3) is 0 Å². The van der Waals surface area contributed by atoms with Gasteiger partial charge < -0.3 is 14.8 Å². The third-order valence-electron chi connectivity index (χ3n) is 2.35. The molecule has 1 unspecified atom stereocenters. The molecule has 0 radical (unpaired) electrons. The van der Waals surface area contributed by atoms with Crippen LogP contribution in [0.15, 0.2) is 30.5 Å². The molecular weight excluding hydrogens is 197 g/mol. The van der Waals surface area contributed by atoms with Crippen molar-refractivity contribution < 1.29 is 14.6 Å². The van der Waals surface area contributed by atoms with E-state index in [9.17, 15) is 9.50 Å². The lowest BCUT2D eigenvalue weighted by Crippen LogP contribution is -2.19. The van der Waals surface area contributed by atoms with Crippen LogP contribution in [0.5, 0.6) is 0 Å². The minimum atomic E-state index is -0.786. The average molecular weight is 209 g/mol. The Hall–Kier alpha value is -1.39. The molecule has 2 aromatic rings. The molecule has 1 aromatic heterocycles. The fourth-order valence-electron chi connectivity index (χ4n) is 1.61. The van der Waals surface area contributed by atoms with Crippen molar-refractivity contribution in [2.24, 2.45) is 0 Å². The van der Waals surface area contributed by atoms with Crippen molar-refractivity contribution in [3.8, 4) is 0 Å². The molecular formula is C11H12FNO2. The summed E-state index contributed by atoms with van der Waals surface area (Å²) in [6.07, 6.45) is 0.980. The Morgan fingerprint density at radius 1 is 1.33 bits per heavy atom. The van der Waals surface area contributed by atoms with Crippen LogP contribution in [0, 0.1) is 5.82 Å². The number of hydrogen-bond donors (Lipinski definition) is 2. The highest BCUT2D eigenvalue weighted by Gasteiger charge is 2.06. The maximum absolute atomic E-state index is 12.9. The molecule has 0 amide bonds. The fourth-order valence-corrected chi connectivity index (χ4v) is 1.61. The molecule has 1 heterocycles. The summed E-state index contributed by atoms with van der Waals surface area (Å²) in [5.41, 5.74) is 0.851. The van der Waals surface area contributed by atoms with E-state index in [-0.39, 0.29) is 12.4 Å². The van der Waals surface area contributed by atoms with Crippen LogP contribution >= 0.6 is 0 Å². The van der Waals surface area contributed by atoms with Crippen LogP contribution in [0.3, 0.4) is 0 Å². The van der Waals surface area contributed by atoms with Gasteiger partial charge in [-0.2, -0.15) is 0 Å². The first-order chi connectivity index (χ1) is 7.20. The molecule has 0 aliphatic rings. The Morgan fingerprint density at radius 2 is 2.13 bits per heavy atom. The summed E-state index contributed by atoms with van der Waals surface area (Å²) in [6, 6.07) is 6.26. The van der Waals surface area contributed by atoms with E-state index in [0.29, 0.717) is 6.54 Å². The zero-order valence-electron chi connectivity index (χ0n) is 8.10. The molecule has 2 rings (SSSR count). The standard InChI is InChI=1S/C11H12FNO2/c12-9-1-2-11-8(5-9)3-4-13(11)6-10(15)7-14/h1-5,10,14-15H,6-7H2. The summed E-state index contributed by atoms with van der Waals surface area (Å²) in [6.45, 7) is 0.0342. The minimum absolute atomic E-state index is 0.275. The number of aliphatic hydroxyl groups excluding tert-OH is 2. The van der Waals surface area contributed by atoms with E-state index in [1.165, 1.54) is 12.1 Å².